The summed E-state index contributed by atoms with van der Waals surface area (Å²) in [5.41, 5.74) is 21.2. The second kappa shape index (κ2) is 20.4. The second-order valence-electron chi connectivity index (χ2n) is 23.6. The molecule has 406 valence electrons. The van der Waals surface area contributed by atoms with Crippen molar-refractivity contribution in [2.24, 2.45) is 0 Å². The van der Waals surface area contributed by atoms with Crippen molar-refractivity contribution in [1.82, 2.24) is 24.1 Å². The zero-order valence-corrected chi connectivity index (χ0v) is 48.5. The van der Waals surface area contributed by atoms with Gasteiger partial charge in [-0.15, -0.1) is 0 Å². The minimum absolute atomic E-state index is 0.183. The van der Waals surface area contributed by atoms with Gasteiger partial charge >= 0.3 is 0 Å². The normalized spacial score (nSPS) is 12.1. The number of hydrogen-bond donors (Lipinski definition) is 0. The lowest BCUT2D eigenvalue weighted by molar-refractivity contribution is 0.483. The summed E-state index contributed by atoms with van der Waals surface area (Å²) in [5, 5.41) is 5.08. The molecule has 0 spiro atoms. The van der Waals surface area contributed by atoms with E-state index in [0.29, 0.717) is 11.5 Å². The van der Waals surface area contributed by atoms with Gasteiger partial charge in [-0.25, -0.2) is 9.97 Å². The molecule has 4 heterocycles. The Kier molecular flexibility index (Phi) is 12.7. The van der Waals surface area contributed by atoms with Crippen molar-refractivity contribution in [2.75, 3.05) is 0 Å². The second-order valence-corrected chi connectivity index (χ2v) is 23.6. The van der Waals surface area contributed by atoms with E-state index in [9.17, 15) is 0 Å². The smallest absolute Gasteiger partial charge is 0.149 e. The summed E-state index contributed by atoms with van der Waals surface area (Å²) < 4.78 is 19.4. The maximum absolute atomic E-state index is 7.35. The van der Waals surface area contributed by atoms with Crippen LogP contribution in [0.4, 0.5) is 0 Å². The summed E-state index contributed by atoms with van der Waals surface area (Å²) in [7, 11) is 0. The number of aryl methyl sites for hydroxylation is 1. The Morgan fingerprint density at radius 2 is 0.880 bits per heavy atom. The molecule has 10 aromatic carbocycles. The van der Waals surface area contributed by atoms with Crippen LogP contribution in [0, 0.1) is 6.92 Å². The highest BCUT2D eigenvalue weighted by molar-refractivity contribution is 6.19. The van der Waals surface area contributed by atoms with Gasteiger partial charge in [0.1, 0.15) is 34.3 Å². The van der Waals surface area contributed by atoms with Gasteiger partial charge in [-0.1, -0.05) is 165 Å². The van der Waals surface area contributed by atoms with Crippen molar-refractivity contribution in [2.45, 2.75) is 86.0 Å². The minimum atomic E-state index is 0.183. The largest absolute Gasteiger partial charge is 0.457 e. The van der Waals surface area contributed by atoms with Crippen molar-refractivity contribution in [3.05, 3.63) is 234 Å². The number of imidazole rings is 2. The van der Waals surface area contributed by atoms with Gasteiger partial charge < -0.3 is 9.15 Å². The third kappa shape index (κ3) is 8.94. The maximum atomic E-state index is 7.35. The van der Waals surface area contributed by atoms with Crippen molar-refractivity contribution in [1.29, 1.82) is 0 Å². The summed E-state index contributed by atoms with van der Waals surface area (Å²) in [6.07, 6.45) is 0. The molecule has 0 saturated heterocycles. The Bertz CT molecular complexity index is 4790. The maximum Gasteiger partial charge on any atom is 0.149 e. The average molecular weight is 1080 g/mol. The number of nitrogens with zero attached hydrogens (tertiary/aromatic N) is 5. The topological polar surface area (TPSA) is 70.9 Å². The predicted molar refractivity (Wildman–Crippen MR) is 345 cm³/mol. The van der Waals surface area contributed by atoms with Crippen LogP contribution in [0.25, 0.3) is 122 Å². The highest BCUT2D eigenvalue weighted by Crippen LogP contribution is 2.47. The molecule has 0 bridgehead atoms. The fourth-order valence-electron chi connectivity index (χ4n) is 12.5. The monoisotopic (exact) mass is 1080 g/mol. The number of ether oxygens (including phenoxy) is 1. The molecule has 0 radical (unpaired) electrons. The highest BCUT2D eigenvalue weighted by Gasteiger charge is 2.28. The molecule has 0 saturated carbocycles. The van der Waals surface area contributed by atoms with Crippen LogP contribution in [0.1, 0.15) is 107 Å². The molecule has 83 heavy (non-hydrogen) atoms. The molecule has 14 rings (SSSR count). The first-order chi connectivity index (χ1) is 40.3. The lowest BCUT2D eigenvalue weighted by Gasteiger charge is -2.24. The van der Waals surface area contributed by atoms with Gasteiger partial charge in [0.25, 0.3) is 0 Å². The number of fused-ring (bicyclic) bond motifs is 8. The molecule has 0 unspecified atom stereocenters. The van der Waals surface area contributed by atoms with Gasteiger partial charge in [0.15, 0.2) is 0 Å². The van der Waals surface area contributed by atoms with E-state index in [1.54, 1.807) is 0 Å². The van der Waals surface area contributed by atoms with Crippen LogP contribution in [0.3, 0.4) is 0 Å². The van der Waals surface area contributed by atoms with Crippen molar-refractivity contribution in [3.8, 4) is 67.9 Å². The summed E-state index contributed by atoms with van der Waals surface area (Å²) in [4.78, 5) is 16.1. The lowest BCUT2D eigenvalue weighted by Crippen LogP contribution is -2.09. The summed E-state index contributed by atoms with van der Waals surface area (Å²) in [6.45, 7) is 20.4. The molecular formula is C76H65N5O2. The van der Waals surface area contributed by atoms with Crippen LogP contribution in [0.15, 0.2) is 211 Å². The number of aromatic nitrogens is 5. The zero-order chi connectivity index (χ0) is 56.8. The number of hydrogen-bond acceptors (Lipinski definition) is 5. The fourth-order valence-corrected chi connectivity index (χ4v) is 12.5. The van der Waals surface area contributed by atoms with E-state index in [1.165, 1.54) is 50.2 Å². The van der Waals surface area contributed by atoms with Crippen LogP contribution in [-0.4, -0.2) is 24.1 Å². The lowest BCUT2D eigenvalue weighted by atomic mass is 9.88. The van der Waals surface area contributed by atoms with E-state index in [4.69, 9.17) is 24.1 Å². The van der Waals surface area contributed by atoms with Gasteiger partial charge in [0, 0.05) is 32.8 Å². The van der Waals surface area contributed by atoms with E-state index in [1.807, 2.05) is 13.0 Å². The molecule has 7 nitrogen and oxygen atoms in total. The first kappa shape index (κ1) is 51.5. The van der Waals surface area contributed by atoms with Gasteiger partial charge in [0.05, 0.1) is 44.5 Å². The summed E-state index contributed by atoms with van der Waals surface area (Å²) in [5.74, 6) is 3.78. The fraction of sp³-hybridized carbons (Fsp3) is 0.171. The number of pyridine rings is 1. The van der Waals surface area contributed by atoms with Crippen molar-refractivity contribution < 1.29 is 9.15 Å². The third-order valence-electron chi connectivity index (χ3n) is 16.7. The number of para-hydroxylation sites is 4. The van der Waals surface area contributed by atoms with Gasteiger partial charge in [0.2, 0.25) is 0 Å². The van der Waals surface area contributed by atoms with Crippen molar-refractivity contribution in [3.63, 3.8) is 0 Å². The van der Waals surface area contributed by atoms with E-state index in [-0.39, 0.29) is 23.7 Å². The third-order valence-corrected chi connectivity index (χ3v) is 16.7. The molecule has 7 heteroatoms. The first-order valence-electron chi connectivity index (χ1n) is 29.3. The van der Waals surface area contributed by atoms with Crippen LogP contribution in [-0.2, 0) is 0 Å². The molecule has 0 N–H and O–H groups in total. The van der Waals surface area contributed by atoms with Crippen molar-refractivity contribution >= 4 is 65.7 Å². The Balaban J connectivity index is 0.993. The van der Waals surface area contributed by atoms with Crippen LogP contribution in [0.5, 0.6) is 11.5 Å². The number of benzene rings is 10. The summed E-state index contributed by atoms with van der Waals surface area (Å²) in [6, 6.07) is 73.7. The van der Waals surface area contributed by atoms with Gasteiger partial charge in [-0.2, -0.15) is 0 Å². The number of rotatable bonds is 12. The molecule has 0 fully saturated rings. The van der Waals surface area contributed by atoms with Gasteiger partial charge in [-0.05, 0) is 178 Å². The quantitative estimate of drug-likeness (QED) is 0.114. The molecule has 0 aliphatic heterocycles. The molecule has 0 atom stereocenters. The van der Waals surface area contributed by atoms with Gasteiger partial charge in [-0.3, -0.25) is 14.1 Å². The van der Waals surface area contributed by atoms with E-state index in [2.05, 4.69) is 265 Å². The van der Waals surface area contributed by atoms with Crippen LogP contribution in [0.2, 0.25) is 0 Å². The van der Waals surface area contributed by atoms with E-state index in [0.717, 1.165) is 99.8 Å². The Hall–Kier alpha value is -9.59. The van der Waals surface area contributed by atoms with Crippen LogP contribution >= 0.6 is 0 Å². The zero-order valence-electron chi connectivity index (χ0n) is 48.5. The predicted octanol–water partition coefficient (Wildman–Crippen LogP) is 21.2. The first-order valence-corrected chi connectivity index (χ1v) is 29.3. The Labute approximate surface area is 484 Å². The standard InChI is InChI=1S/C76H65N5O2/c1-44(2)59-37-54(49-21-12-10-13-22-49)38-60(45(3)4)71(59)80-69-29-18-16-27-66(69)78-75(80)53-25-20-26-56(36-53)82-57-41-64-58-34-33-51-35-52-32-31-48(9)77-68(52)43-63(51)73(58)83-74(64)65(42-57)76-79-67-28-17-19-30-70(67)81(76)72-61(46(5)6)39-55(40-62(72)47(7)8)50-23-14-11-15-24-50/h10-47H,1-9H3. The molecular weight excluding hydrogens is 1010 g/mol. The number of furan rings is 1. The highest BCUT2D eigenvalue weighted by atomic mass is 16.5. The van der Waals surface area contributed by atoms with Crippen LogP contribution < -0.4 is 4.74 Å². The molecule has 0 aliphatic carbocycles. The molecule has 4 aromatic heterocycles. The van der Waals surface area contributed by atoms with E-state index >= 15 is 0 Å². The molecule has 0 amide bonds. The molecule has 14 aromatic rings. The average Bonchev–Trinajstić information content (AvgIpc) is 2.56. The Morgan fingerprint density at radius 3 is 1.46 bits per heavy atom. The Morgan fingerprint density at radius 1 is 0.361 bits per heavy atom. The van der Waals surface area contributed by atoms with E-state index < -0.39 is 0 Å². The molecule has 0 aliphatic rings. The summed E-state index contributed by atoms with van der Waals surface area (Å²) >= 11 is 0. The SMILES string of the molecule is Cc1ccc2cc3ccc4c5cc(Oc6cccc(-c7nc8ccccc8n7-c7c(C(C)C)cc(-c8ccccc8)cc7C(C)C)c6)cc(-c6nc7ccccc7n6-c6c(C(C)C)cc(-c7ccccc7)cc6C(C)C)c5oc4c3cc2n1. The minimum Gasteiger partial charge on any atom is -0.457 e.